The summed E-state index contributed by atoms with van der Waals surface area (Å²) >= 11 is 0. The highest BCUT2D eigenvalue weighted by molar-refractivity contribution is 5.90. The molecule has 22 heavy (non-hydrogen) atoms. The van der Waals surface area contributed by atoms with Gasteiger partial charge in [-0.2, -0.15) is 0 Å². The van der Waals surface area contributed by atoms with E-state index in [1.807, 2.05) is 24.3 Å². The van der Waals surface area contributed by atoms with Gasteiger partial charge in [-0.05, 0) is 45.6 Å². The number of nitrogens with one attached hydrogen (secondary N) is 2. The Kier molecular flexibility index (Phi) is 6.09. The van der Waals surface area contributed by atoms with Crippen molar-refractivity contribution in [2.75, 3.05) is 39.0 Å². The molecule has 0 fully saturated rings. The highest BCUT2D eigenvalue weighted by Gasteiger charge is 2.05. The largest absolute Gasteiger partial charge is 0.360 e. The quantitative estimate of drug-likeness (QED) is 0.723. The first kappa shape index (κ1) is 16.2. The Morgan fingerprint density at radius 3 is 2.82 bits per heavy atom. The van der Waals surface area contributed by atoms with Gasteiger partial charge in [-0.15, -0.1) is 0 Å². The fourth-order valence-corrected chi connectivity index (χ4v) is 2.15. The highest BCUT2D eigenvalue weighted by Crippen LogP contribution is 2.17. The van der Waals surface area contributed by atoms with Gasteiger partial charge in [-0.1, -0.05) is 12.1 Å². The van der Waals surface area contributed by atoms with Crippen LogP contribution in [0.4, 0.5) is 5.82 Å². The lowest BCUT2D eigenvalue weighted by Crippen LogP contribution is -2.31. The van der Waals surface area contributed by atoms with Crippen molar-refractivity contribution >= 4 is 22.6 Å². The average molecular weight is 301 g/mol. The van der Waals surface area contributed by atoms with Crippen molar-refractivity contribution in [2.24, 2.45) is 0 Å². The Labute approximate surface area is 130 Å². The molecule has 0 unspecified atom stereocenters. The van der Waals surface area contributed by atoms with E-state index in [1.54, 1.807) is 0 Å². The van der Waals surface area contributed by atoms with Gasteiger partial charge in [-0.3, -0.25) is 4.79 Å². The predicted octanol–water partition coefficient (Wildman–Crippen LogP) is 1.50. The van der Waals surface area contributed by atoms with Crippen molar-refractivity contribution in [3.8, 4) is 0 Å². The van der Waals surface area contributed by atoms with Gasteiger partial charge >= 0.3 is 0 Å². The minimum Gasteiger partial charge on any atom is -0.360 e. The molecule has 0 bridgehead atoms. The fourth-order valence-electron chi connectivity index (χ4n) is 2.15. The van der Waals surface area contributed by atoms with E-state index in [2.05, 4.69) is 39.6 Å². The molecule has 0 aliphatic rings. The molecule has 118 valence electrons. The molecule has 6 heteroatoms. The highest BCUT2D eigenvalue weighted by atomic mass is 16.1. The van der Waals surface area contributed by atoms with Crippen molar-refractivity contribution < 1.29 is 4.79 Å². The van der Waals surface area contributed by atoms with Crippen LogP contribution in [0.15, 0.2) is 30.6 Å². The number of amides is 1. The number of benzene rings is 1. The maximum atomic E-state index is 11.8. The van der Waals surface area contributed by atoms with E-state index in [0.717, 1.165) is 30.3 Å². The first-order valence-electron chi connectivity index (χ1n) is 7.52. The van der Waals surface area contributed by atoms with Gasteiger partial charge in [0.05, 0.1) is 12.1 Å². The molecular weight excluding hydrogens is 278 g/mol. The Bertz CT molecular complexity index is 609. The zero-order valence-corrected chi connectivity index (χ0v) is 13.2. The number of carbonyl (C=O) groups is 1. The van der Waals surface area contributed by atoms with Gasteiger partial charge in [-0.25, -0.2) is 9.97 Å². The van der Waals surface area contributed by atoms with Crippen molar-refractivity contribution in [3.05, 3.63) is 30.6 Å². The maximum Gasteiger partial charge on any atom is 0.239 e. The topological polar surface area (TPSA) is 70.2 Å². The second-order valence-electron chi connectivity index (χ2n) is 5.45. The molecule has 2 rings (SSSR count). The molecule has 1 aromatic heterocycles. The van der Waals surface area contributed by atoms with Crippen LogP contribution in [0.2, 0.25) is 0 Å². The zero-order valence-electron chi connectivity index (χ0n) is 13.2. The monoisotopic (exact) mass is 301 g/mol. The van der Waals surface area contributed by atoms with E-state index in [-0.39, 0.29) is 12.5 Å². The fraction of sp³-hybridized carbons (Fsp3) is 0.438. The number of fused-ring (bicyclic) bond motifs is 1. The molecule has 2 aromatic rings. The zero-order chi connectivity index (χ0) is 15.8. The lowest BCUT2D eigenvalue weighted by molar-refractivity contribution is -0.119. The van der Waals surface area contributed by atoms with E-state index in [0.29, 0.717) is 12.4 Å². The number of unbranched alkanes of at least 4 members (excludes halogenated alkanes) is 1. The van der Waals surface area contributed by atoms with Crippen molar-refractivity contribution in [2.45, 2.75) is 12.8 Å². The third-order valence-electron chi connectivity index (χ3n) is 3.31. The normalized spacial score (nSPS) is 10.9. The van der Waals surface area contributed by atoms with Crippen LogP contribution in [0.5, 0.6) is 0 Å². The molecule has 0 saturated carbocycles. The number of hydrogen-bond acceptors (Lipinski definition) is 5. The van der Waals surface area contributed by atoms with Gasteiger partial charge in [0.25, 0.3) is 0 Å². The van der Waals surface area contributed by atoms with Crippen molar-refractivity contribution in [1.82, 2.24) is 20.2 Å². The van der Waals surface area contributed by atoms with Gasteiger partial charge in [0.2, 0.25) is 5.91 Å². The number of aromatic nitrogens is 2. The molecule has 1 amide bonds. The van der Waals surface area contributed by atoms with Gasteiger partial charge < -0.3 is 15.5 Å². The molecule has 0 aliphatic heterocycles. The number of nitrogens with zero attached hydrogens (tertiary/aromatic N) is 3. The Hall–Kier alpha value is -2.21. The van der Waals surface area contributed by atoms with Crippen LogP contribution >= 0.6 is 0 Å². The van der Waals surface area contributed by atoms with Crippen LogP contribution in [0.1, 0.15) is 12.8 Å². The Balaban J connectivity index is 1.76. The van der Waals surface area contributed by atoms with E-state index in [1.165, 1.54) is 6.33 Å². The van der Waals surface area contributed by atoms with E-state index >= 15 is 0 Å². The Morgan fingerprint density at radius 1 is 1.18 bits per heavy atom. The van der Waals surface area contributed by atoms with Crippen LogP contribution in [0.3, 0.4) is 0 Å². The van der Waals surface area contributed by atoms with Gasteiger partial charge in [0.15, 0.2) is 0 Å². The molecule has 1 heterocycles. The third kappa shape index (κ3) is 4.96. The first-order chi connectivity index (χ1) is 10.7. The summed E-state index contributed by atoms with van der Waals surface area (Å²) in [6.45, 7) is 1.97. The first-order valence-corrected chi connectivity index (χ1v) is 7.52. The molecule has 0 radical (unpaired) electrons. The number of rotatable bonds is 8. The average Bonchev–Trinajstić information content (AvgIpc) is 2.52. The van der Waals surface area contributed by atoms with E-state index in [9.17, 15) is 4.79 Å². The summed E-state index contributed by atoms with van der Waals surface area (Å²) in [4.78, 5) is 22.4. The second-order valence-corrected chi connectivity index (χ2v) is 5.45. The molecule has 0 aliphatic carbocycles. The minimum absolute atomic E-state index is 0.0208. The number of anilines is 1. The van der Waals surface area contributed by atoms with Crippen LogP contribution in [-0.4, -0.2) is 54.5 Å². The van der Waals surface area contributed by atoms with Crippen LogP contribution in [-0.2, 0) is 4.79 Å². The van der Waals surface area contributed by atoms with Crippen molar-refractivity contribution in [3.63, 3.8) is 0 Å². The molecular formula is C16H23N5O. The maximum absolute atomic E-state index is 11.8. The van der Waals surface area contributed by atoms with E-state index < -0.39 is 0 Å². The Morgan fingerprint density at radius 2 is 2.00 bits per heavy atom. The SMILES string of the molecule is CN(C)CCCCNC(=O)CNc1ncnc2ccccc12. The van der Waals surface area contributed by atoms with Gasteiger partial charge in [0.1, 0.15) is 12.1 Å². The molecule has 6 nitrogen and oxygen atoms in total. The summed E-state index contributed by atoms with van der Waals surface area (Å²) in [7, 11) is 4.10. The smallest absolute Gasteiger partial charge is 0.239 e. The second kappa shape index (κ2) is 8.29. The van der Waals surface area contributed by atoms with Crippen LogP contribution < -0.4 is 10.6 Å². The molecule has 0 spiro atoms. The van der Waals surface area contributed by atoms with Gasteiger partial charge in [0, 0.05) is 11.9 Å². The minimum atomic E-state index is -0.0208. The number of carbonyl (C=O) groups excluding carboxylic acids is 1. The molecule has 1 aromatic carbocycles. The van der Waals surface area contributed by atoms with Crippen LogP contribution in [0, 0.1) is 0 Å². The standard InChI is InChI=1S/C16H23N5O/c1-21(2)10-6-5-9-17-15(22)11-18-16-13-7-3-4-8-14(13)19-12-20-16/h3-4,7-8,12H,5-6,9-11H2,1-2H3,(H,17,22)(H,18,19,20). The van der Waals surface area contributed by atoms with Crippen molar-refractivity contribution in [1.29, 1.82) is 0 Å². The predicted molar refractivity (Wildman–Crippen MR) is 88.8 cm³/mol. The molecule has 2 N–H and O–H groups in total. The molecule has 0 saturated heterocycles. The van der Waals surface area contributed by atoms with E-state index in [4.69, 9.17) is 0 Å². The summed E-state index contributed by atoms with van der Waals surface area (Å²) in [6.07, 6.45) is 3.57. The lowest BCUT2D eigenvalue weighted by Gasteiger charge is -2.10. The number of hydrogen-bond donors (Lipinski definition) is 2. The summed E-state index contributed by atoms with van der Waals surface area (Å²) in [5, 5.41) is 6.91. The molecule has 0 atom stereocenters. The summed E-state index contributed by atoms with van der Waals surface area (Å²) < 4.78 is 0. The summed E-state index contributed by atoms with van der Waals surface area (Å²) in [5.74, 6) is 0.668. The number of para-hydroxylation sites is 1. The summed E-state index contributed by atoms with van der Waals surface area (Å²) in [6, 6.07) is 7.73. The third-order valence-corrected chi connectivity index (χ3v) is 3.31. The lowest BCUT2D eigenvalue weighted by atomic mass is 10.2. The summed E-state index contributed by atoms with van der Waals surface area (Å²) in [5.41, 5.74) is 0.865. The van der Waals surface area contributed by atoms with Crippen LogP contribution in [0.25, 0.3) is 10.9 Å².